The van der Waals surface area contributed by atoms with Crippen molar-refractivity contribution in [3.05, 3.63) is 70.4 Å². The molecular formula is C25H27N5O4. The lowest BCUT2D eigenvalue weighted by Crippen LogP contribution is -2.14. The number of nitrogens with zero attached hydrogens (tertiary/aromatic N) is 4. The number of aromatic nitrogens is 4. The number of carbonyl (C=O) groups excluding carboxylic acids is 1. The molecule has 0 radical (unpaired) electrons. The summed E-state index contributed by atoms with van der Waals surface area (Å²) < 4.78 is 18.3. The first kappa shape index (κ1) is 23.0. The second-order valence-corrected chi connectivity index (χ2v) is 8.10. The van der Waals surface area contributed by atoms with Gasteiger partial charge in [0.1, 0.15) is 23.0 Å². The molecule has 1 N–H and O–H groups in total. The number of hydrogen-bond donors (Lipinski definition) is 1. The second-order valence-electron chi connectivity index (χ2n) is 8.10. The lowest BCUT2D eigenvalue weighted by atomic mass is 10.1. The summed E-state index contributed by atoms with van der Waals surface area (Å²) in [5, 5.41) is 11.2. The van der Waals surface area contributed by atoms with Gasteiger partial charge in [0.2, 0.25) is 5.89 Å². The summed E-state index contributed by atoms with van der Waals surface area (Å²) in [6.45, 7) is 7.92. The van der Waals surface area contributed by atoms with Crippen LogP contribution in [0.2, 0.25) is 0 Å². The van der Waals surface area contributed by atoms with Crippen LogP contribution >= 0.6 is 0 Å². The molecule has 2 aromatic heterocycles. The quantitative estimate of drug-likeness (QED) is 0.432. The molecule has 176 valence electrons. The van der Waals surface area contributed by atoms with Crippen molar-refractivity contribution in [1.29, 1.82) is 0 Å². The van der Waals surface area contributed by atoms with E-state index in [0.29, 0.717) is 46.6 Å². The first-order valence-corrected chi connectivity index (χ1v) is 10.8. The molecule has 1 amide bonds. The maximum Gasteiger partial charge on any atom is 0.278 e. The van der Waals surface area contributed by atoms with Crippen molar-refractivity contribution in [2.75, 3.05) is 19.5 Å². The van der Waals surface area contributed by atoms with Crippen LogP contribution in [0.5, 0.6) is 11.5 Å². The maximum absolute atomic E-state index is 12.8. The summed E-state index contributed by atoms with van der Waals surface area (Å²) in [5.74, 6) is 2.03. The first-order chi connectivity index (χ1) is 16.3. The molecule has 0 saturated heterocycles. The minimum Gasteiger partial charge on any atom is -0.497 e. The topological polar surface area (TPSA) is 104 Å². The van der Waals surface area contributed by atoms with E-state index < -0.39 is 0 Å². The van der Waals surface area contributed by atoms with Crippen LogP contribution in [0.3, 0.4) is 0 Å². The standard InChI is InChI=1S/C25H27N5O4/c1-14-9-15(2)11-18(10-14)26-24(31)23-16(3)30(29-28-23)13-21-17(4)34-25(27-21)20-8-7-19(32-5)12-22(20)33-6/h7-12H,13H2,1-6H3,(H,26,31). The summed E-state index contributed by atoms with van der Waals surface area (Å²) in [4.78, 5) is 17.5. The minimum absolute atomic E-state index is 0.261. The predicted octanol–water partition coefficient (Wildman–Crippen LogP) is 4.48. The fourth-order valence-electron chi connectivity index (χ4n) is 3.76. The number of methoxy groups -OCH3 is 2. The highest BCUT2D eigenvalue weighted by molar-refractivity contribution is 6.03. The van der Waals surface area contributed by atoms with Gasteiger partial charge in [-0.2, -0.15) is 0 Å². The zero-order valence-corrected chi connectivity index (χ0v) is 20.1. The Bertz CT molecular complexity index is 1340. The van der Waals surface area contributed by atoms with Crippen LogP contribution in [0.15, 0.2) is 40.8 Å². The molecule has 0 saturated carbocycles. The molecule has 0 aliphatic heterocycles. The van der Waals surface area contributed by atoms with Crippen LogP contribution in [0, 0.1) is 27.7 Å². The van der Waals surface area contributed by atoms with Crippen LogP contribution < -0.4 is 14.8 Å². The van der Waals surface area contributed by atoms with E-state index in [0.717, 1.165) is 16.8 Å². The molecule has 9 heteroatoms. The zero-order valence-electron chi connectivity index (χ0n) is 20.1. The maximum atomic E-state index is 12.8. The molecule has 4 rings (SSSR count). The molecule has 0 spiro atoms. The zero-order chi connectivity index (χ0) is 24.4. The Morgan fingerprint density at radius 3 is 2.44 bits per heavy atom. The number of carbonyl (C=O) groups is 1. The fraction of sp³-hybridized carbons (Fsp3) is 0.280. The first-order valence-electron chi connectivity index (χ1n) is 10.8. The van der Waals surface area contributed by atoms with Crippen molar-refractivity contribution in [2.24, 2.45) is 0 Å². The van der Waals surface area contributed by atoms with E-state index in [2.05, 4.69) is 20.6 Å². The summed E-state index contributed by atoms with van der Waals surface area (Å²) in [6, 6.07) is 11.3. The molecule has 9 nitrogen and oxygen atoms in total. The number of anilines is 1. The van der Waals surface area contributed by atoms with Gasteiger partial charge in [-0.1, -0.05) is 11.3 Å². The lowest BCUT2D eigenvalue weighted by Gasteiger charge is -2.07. The smallest absolute Gasteiger partial charge is 0.278 e. The highest BCUT2D eigenvalue weighted by atomic mass is 16.5. The number of oxazole rings is 1. The van der Waals surface area contributed by atoms with E-state index in [9.17, 15) is 4.79 Å². The Kier molecular flexibility index (Phi) is 6.36. The molecule has 0 unspecified atom stereocenters. The van der Waals surface area contributed by atoms with E-state index in [1.165, 1.54) is 0 Å². The number of ether oxygens (including phenoxy) is 2. The number of nitrogens with one attached hydrogen (secondary N) is 1. The fourth-order valence-corrected chi connectivity index (χ4v) is 3.76. The summed E-state index contributed by atoms with van der Waals surface area (Å²) in [6.07, 6.45) is 0. The van der Waals surface area contributed by atoms with E-state index in [1.54, 1.807) is 31.9 Å². The van der Waals surface area contributed by atoms with Crippen LogP contribution in [0.25, 0.3) is 11.5 Å². The van der Waals surface area contributed by atoms with Crippen LogP contribution in [-0.4, -0.2) is 40.1 Å². The van der Waals surface area contributed by atoms with Gasteiger partial charge >= 0.3 is 0 Å². The summed E-state index contributed by atoms with van der Waals surface area (Å²) >= 11 is 0. The van der Waals surface area contributed by atoms with Crippen molar-refractivity contribution in [2.45, 2.75) is 34.2 Å². The third kappa shape index (κ3) is 4.63. The minimum atomic E-state index is -0.311. The number of hydrogen-bond acceptors (Lipinski definition) is 7. The van der Waals surface area contributed by atoms with Crippen LogP contribution in [0.1, 0.15) is 38.8 Å². The Hall–Kier alpha value is -4.14. The molecule has 2 heterocycles. The molecule has 0 atom stereocenters. The number of amides is 1. The van der Waals surface area contributed by atoms with Gasteiger partial charge in [-0.25, -0.2) is 9.67 Å². The normalized spacial score (nSPS) is 10.9. The Balaban J connectivity index is 1.56. The second kappa shape index (κ2) is 9.38. The third-order valence-electron chi connectivity index (χ3n) is 5.51. The van der Waals surface area contributed by atoms with Crippen LogP contribution in [-0.2, 0) is 6.54 Å². The summed E-state index contributed by atoms with van der Waals surface area (Å²) in [7, 11) is 3.18. The van der Waals surface area contributed by atoms with E-state index >= 15 is 0 Å². The predicted molar refractivity (Wildman–Crippen MR) is 128 cm³/mol. The van der Waals surface area contributed by atoms with Gasteiger partial charge in [0.15, 0.2) is 5.69 Å². The molecule has 4 aromatic rings. The number of aryl methyl sites for hydroxylation is 3. The highest BCUT2D eigenvalue weighted by Crippen LogP contribution is 2.33. The largest absolute Gasteiger partial charge is 0.497 e. The molecule has 2 aromatic carbocycles. The average molecular weight is 462 g/mol. The van der Waals surface area contributed by atoms with Gasteiger partial charge < -0.3 is 19.2 Å². The van der Waals surface area contributed by atoms with Gasteiger partial charge in [0.25, 0.3) is 5.91 Å². The number of rotatable bonds is 7. The SMILES string of the molecule is COc1ccc(-c2nc(Cn3nnc(C(=O)Nc4cc(C)cc(C)c4)c3C)c(C)o2)c(OC)c1. The monoisotopic (exact) mass is 461 g/mol. The summed E-state index contributed by atoms with van der Waals surface area (Å²) in [5.41, 5.74) is 5.15. The van der Waals surface area contributed by atoms with E-state index in [-0.39, 0.29) is 11.6 Å². The van der Waals surface area contributed by atoms with Gasteiger partial charge in [0, 0.05) is 11.8 Å². The van der Waals surface area contributed by atoms with Crippen molar-refractivity contribution < 1.29 is 18.7 Å². The molecule has 0 fully saturated rings. The molecule has 34 heavy (non-hydrogen) atoms. The number of benzene rings is 2. The van der Waals surface area contributed by atoms with Crippen molar-refractivity contribution in [3.63, 3.8) is 0 Å². The van der Waals surface area contributed by atoms with Crippen molar-refractivity contribution >= 4 is 11.6 Å². The van der Waals surface area contributed by atoms with Gasteiger partial charge in [0.05, 0.1) is 32.0 Å². The molecule has 0 aliphatic carbocycles. The van der Waals surface area contributed by atoms with Crippen molar-refractivity contribution in [1.82, 2.24) is 20.0 Å². The Labute approximate surface area is 197 Å². The molecule has 0 bridgehead atoms. The lowest BCUT2D eigenvalue weighted by molar-refractivity contribution is 0.102. The Morgan fingerprint density at radius 2 is 1.76 bits per heavy atom. The third-order valence-corrected chi connectivity index (χ3v) is 5.51. The average Bonchev–Trinajstić information content (AvgIpc) is 3.35. The van der Waals surface area contributed by atoms with E-state index in [4.69, 9.17) is 13.9 Å². The van der Waals surface area contributed by atoms with Gasteiger partial charge in [-0.3, -0.25) is 4.79 Å². The van der Waals surface area contributed by atoms with Gasteiger partial charge in [-0.15, -0.1) is 5.10 Å². The molecular weight excluding hydrogens is 434 g/mol. The van der Waals surface area contributed by atoms with Gasteiger partial charge in [-0.05, 0) is 63.1 Å². The van der Waals surface area contributed by atoms with Crippen molar-refractivity contribution in [3.8, 4) is 23.0 Å². The highest BCUT2D eigenvalue weighted by Gasteiger charge is 2.20. The van der Waals surface area contributed by atoms with Crippen LogP contribution in [0.4, 0.5) is 5.69 Å². The van der Waals surface area contributed by atoms with E-state index in [1.807, 2.05) is 51.1 Å². The molecule has 0 aliphatic rings. The Morgan fingerprint density at radius 1 is 1.03 bits per heavy atom.